The summed E-state index contributed by atoms with van der Waals surface area (Å²) in [6.45, 7) is 0. The van der Waals surface area contributed by atoms with E-state index in [0.29, 0.717) is 5.69 Å². The van der Waals surface area contributed by atoms with Crippen molar-refractivity contribution in [2.45, 2.75) is 5.16 Å². The number of hydrogen-bond acceptors (Lipinski definition) is 4. The van der Waals surface area contributed by atoms with Crippen molar-refractivity contribution < 1.29 is 8.42 Å². The Morgan fingerprint density at radius 3 is 2.22 bits per heavy atom. The number of terminal acetylenes is 1. The summed E-state index contributed by atoms with van der Waals surface area (Å²) in [7, 11) is -3.93. The second-order valence-corrected chi connectivity index (χ2v) is 4.95. The Labute approximate surface area is 105 Å². The van der Waals surface area contributed by atoms with Crippen LogP contribution >= 0.6 is 0 Å². The minimum absolute atomic E-state index is 0.327. The van der Waals surface area contributed by atoms with Crippen LogP contribution in [0.5, 0.6) is 0 Å². The Morgan fingerprint density at radius 1 is 1.06 bits per heavy atom. The number of sulfonamides is 1. The molecule has 0 fully saturated rings. The van der Waals surface area contributed by atoms with E-state index in [1.807, 2.05) is 0 Å². The van der Waals surface area contributed by atoms with Crippen molar-refractivity contribution in [1.29, 1.82) is 0 Å². The third kappa shape index (κ3) is 2.17. The van der Waals surface area contributed by atoms with E-state index in [1.54, 1.807) is 30.3 Å². The second kappa shape index (κ2) is 4.85. The molecule has 0 aliphatic heterocycles. The summed E-state index contributed by atoms with van der Waals surface area (Å²) >= 11 is 0. The fourth-order valence-electron chi connectivity index (χ4n) is 1.35. The molecule has 5 nitrogen and oxygen atoms in total. The topological polar surface area (TPSA) is 63.2 Å². The van der Waals surface area contributed by atoms with Gasteiger partial charge in [-0.1, -0.05) is 24.6 Å². The van der Waals surface area contributed by atoms with E-state index in [9.17, 15) is 8.42 Å². The van der Waals surface area contributed by atoms with Crippen LogP contribution in [0.4, 0.5) is 5.69 Å². The molecule has 1 aromatic heterocycles. The van der Waals surface area contributed by atoms with E-state index in [0.717, 1.165) is 4.31 Å². The van der Waals surface area contributed by atoms with Gasteiger partial charge in [-0.2, -0.15) is 12.7 Å². The van der Waals surface area contributed by atoms with Crippen LogP contribution in [-0.2, 0) is 10.0 Å². The van der Waals surface area contributed by atoms with Crippen LogP contribution in [0.1, 0.15) is 0 Å². The maximum atomic E-state index is 12.2. The summed E-state index contributed by atoms with van der Waals surface area (Å²) < 4.78 is 25.3. The van der Waals surface area contributed by atoms with Crippen LogP contribution in [0.2, 0.25) is 0 Å². The molecule has 2 rings (SSSR count). The van der Waals surface area contributed by atoms with Crippen molar-refractivity contribution >= 4 is 15.7 Å². The fraction of sp³-hybridized carbons (Fsp3) is 0. The molecule has 0 amide bonds. The Kier molecular flexibility index (Phi) is 3.26. The molecule has 0 atom stereocenters. The first kappa shape index (κ1) is 12.1. The first-order valence-electron chi connectivity index (χ1n) is 5.00. The predicted octanol–water partition coefficient (Wildman–Crippen LogP) is 1.26. The maximum Gasteiger partial charge on any atom is 0.311 e. The third-order valence-electron chi connectivity index (χ3n) is 2.12. The van der Waals surface area contributed by atoms with Crippen molar-refractivity contribution in [2.24, 2.45) is 0 Å². The van der Waals surface area contributed by atoms with E-state index in [1.165, 1.54) is 18.5 Å². The summed E-state index contributed by atoms with van der Waals surface area (Å²) in [6, 6.07) is 12.0. The van der Waals surface area contributed by atoms with Crippen LogP contribution in [0, 0.1) is 12.5 Å². The number of anilines is 1. The SMILES string of the molecule is C#CN(c1ccccc1)S(=O)(=O)c1ncccn1. The Morgan fingerprint density at radius 2 is 1.67 bits per heavy atom. The van der Waals surface area contributed by atoms with E-state index >= 15 is 0 Å². The minimum atomic E-state index is -3.93. The zero-order valence-corrected chi connectivity index (χ0v) is 10.1. The molecule has 6 heteroatoms. The monoisotopic (exact) mass is 259 g/mol. The van der Waals surface area contributed by atoms with Gasteiger partial charge in [0.05, 0.1) is 5.69 Å². The van der Waals surface area contributed by atoms with E-state index in [4.69, 9.17) is 6.42 Å². The highest BCUT2D eigenvalue weighted by Crippen LogP contribution is 2.19. The van der Waals surface area contributed by atoms with Gasteiger partial charge in [0.15, 0.2) is 0 Å². The molecule has 0 radical (unpaired) electrons. The highest BCUT2D eigenvalue weighted by atomic mass is 32.2. The van der Waals surface area contributed by atoms with Crippen LogP contribution in [0.25, 0.3) is 0 Å². The van der Waals surface area contributed by atoms with Crippen LogP contribution in [0.15, 0.2) is 53.9 Å². The summed E-state index contributed by atoms with van der Waals surface area (Å²) in [6.07, 6.45) is 7.96. The van der Waals surface area contributed by atoms with Gasteiger partial charge in [0.25, 0.3) is 5.16 Å². The molecule has 90 valence electrons. The smallest absolute Gasteiger partial charge is 0.225 e. The summed E-state index contributed by atoms with van der Waals surface area (Å²) in [5.41, 5.74) is 0.368. The lowest BCUT2D eigenvalue weighted by molar-refractivity contribution is 0.587. The quantitative estimate of drug-likeness (QED) is 0.473. The average molecular weight is 259 g/mol. The number of rotatable bonds is 3. The van der Waals surface area contributed by atoms with Gasteiger partial charge >= 0.3 is 10.0 Å². The zero-order valence-electron chi connectivity index (χ0n) is 9.26. The second-order valence-electron chi connectivity index (χ2n) is 3.27. The first-order chi connectivity index (χ1) is 8.66. The predicted molar refractivity (Wildman–Crippen MR) is 67.0 cm³/mol. The van der Waals surface area contributed by atoms with Gasteiger partial charge in [-0.05, 0) is 18.2 Å². The molecule has 1 aromatic carbocycles. The largest absolute Gasteiger partial charge is 0.311 e. The van der Waals surface area contributed by atoms with Gasteiger partial charge in [-0.15, -0.1) is 0 Å². The average Bonchev–Trinajstić information content (AvgIpc) is 2.41. The van der Waals surface area contributed by atoms with Crippen LogP contribution in [-0.4, -0.2) is 18.4 Å². The molecule has 2 aromatic rings. The van der Waals surface area contributed by atoms with Crippen molar-refractivity contribution in [3.63, 3.8) is 0 Å². The summed E-state index contributed by atoms with van der Waals surface area (Å²) in [5, 5.41) is -0.327. The standard InChI is InChI=1S/C12H9N3O2S/c1-2-15(11-7-4-3-5-8-11)18(16,17)12-13-9-6-10-14-12/h1,3-10H. The fourth-order valence-corrected chi connectivity index (χ4v) is 2.44. The molecule has 0 saturated carbocycles. The van der Waals surface area contributed by atoms with Crippen molar-refractivity contribution in [2.75, 3.05) is 4.31 Å². The third-order valence-corrected chi connectivity index (χ3v) is 3.59. The highest BCUT2D eigenvalue weighted by Gasteiger charge is 2.26. The first-order valence-corrected chi connectivity index (χ1v) is 6.44. The molecular weight excluding hydrogens is 250 g/mol. The Hall–Kier alpha value is -2.39. The van der Waals surface area contributed by atoms with Gasteiger partial charge in [0, 0.05) is 18.4 Å². The molecule has 0 aliphatic carbocycles. The van der Waals surface area contributed by atoms with Gasteiger partial charge in [-0.3, -0.25) is 0 Å². The van der Waals surface area contributed by atoms with Crippen molar-refractivity contribution in [3.05, 3.63) is 48.8 Å². The Bertz CT molecular complexity index is 663. The number of hydrogen-bond donors (Lipinski definition) is 0. The van der Waals surface area contributed by atoms with Crippen LogP contribution in [0.3, 0.4) is 0 Å². The lowest BCUT2D eigenvalue weighted by Crippen LogP contribution is -2.27. The molecule has 0 N–H and O–H groups in total. The van der Waals surface area contributed by atoms with E-state index in [2.05, 4.69) is 16.0 Å². The maximum absolute atomic E-state index is 12.2. The van der Waals surface area contributed by atoms with Gasteiger partial charge in [0.2, 0.25) is 0 Å². The normalized spacial score (nSPS) is 10.6. The lowest BCUT2D eigenvalue weighted by Gasteiger charge is -2.15. The lowest BCUT2D eigenvalue weighted by atomic mass is 10.3. The van der Waals surface area contributed by atoms with Gasteiger partial charge in [0.1, 0.15) is 0 Å². The number of nitrogens with zero attached hydrogens (tertiary/aromatic N) is 3. The van der Waals surface area contributed by atoms with Crippen molar-refractivity contribution in [1.82, 2.24) is 9.97 Å². The molecule has 18 heavy (non-hydrogen) atoms. The van der Waals surface area contributed by atoms with Crippen LogP contribution < -0.4 is 4.31 Å². The Balaban J connectivity index is 2.50. The zero-order chi connectivity index (χ0) is 13.0. The minimum Gasteiger partial charge on any atom is -0.225 e. The number of aromatic nitrogens is 2. The summed E-state index contributed by atoms with van der Waals surface area (Å²) in [4.78, 5) is 7.42. The molecule has 0 saturated heterocycles. The van der Waals surface area contributed by atoms with E-state index < -0.39 is 10.0 Å². The van der Waals surface area contributed by atoms with Gasteiger partial charge in [-0.25, -0.2) is 9.97 Å². The van der Waals surface area contributed by atoms with E-state index in [-0.39, 0.29) is 5.16 Å². The molecule has 0 spiro atoms. The number of benzene rings is 1. The van der Waals surface area contributed by atoms with Gasteiger partial charge < -0.3 is 0 Å². The molecular formula is C12H9N3O2S. The number of para-hydroxylation sites is 1. The summed E-state index contributed by atoms with van der Waals surface area (Å²) in [5.74, 6) is 0. The molecule has 0 aliphatic rings. The molecule has 0 unspecified atom stereocenters. The van der Waals surface area contributed by atoms with Crippen molar-refractivity contribution in [3.8, 4) is 12.5 Å². The highest BCUT2D eigenvalue weighted by molar-refractivity contribution is 7.92. The molecule has 0 bridgehead atoms. The molecule has 1 heterocycles.